The number of amides is 1. The van der Waals surface area contributed by atoms with Gasteiger partial charge in [0.15, 0.2) is 0 Å². The Kier molecular flexibility index (Phi) is 5.25. The smallest absolute Gasteiger partial charge is 0.252 e. The summed E-state index contributed by atoms with van der Waals surface area (Å²) in [7, 11) is 0. The lowest BCUT2D eigenvalue weighted by Gasteiger charge is -2.11. The standard InChI is InChI=1S/C21H19NO2/c23-21(22-15-16-24-18-11-5-2-6-12-18)20-14-8-7-13-19(20)17-9-3-1-4-10-17/h1-14H,15-16H2,(H,22,23). The van der Waals surface area contributed by atoms with Crippen molar-refractivity contribution in [3.05, 3.63) is 90.5 Å². The first-order chi connectivity index (χ1) is 11.8. The number of hydrogen-bond acceptors (Lipinski definition) is 2. The number of nitrogens with one attached hydrogen (secondary N) is 1. The molecule has 3 heteroatoms. The molecule has 3 nitrogen and oxygen atoms in total. The molecule has 0 radical (unpaired) electrons. The minimum Gasteiger partial charge on any atom is -0.492 e. The van der Waals surface area contributed by atoms with Crippen LogP contribution in [0.2, 0.25) is 0 Å². The average Bonchev–Trinajstić information content (AvgIpc) is 2.66. The van der Waals surface area contributed by atoms with Gasteiger partial charge in [0.2, 0.25) is 0 Å². The predicted molar refractivity (Wildman–Crippen MR) is 96.1 cm³/mol. The molecule has 0 fully saturated rings. The summed E-state index contributed by atoms with van der Waals surface area (Å²) < 4.78 is 5.59. The molecule has 3 aromatic carbocycles. The molecule has 0 saturated carbocycles. The molecule has 0 aliphatic rings. The van der Waals surface area contributed by atoms with Gasteiger partial charge in [0, 0.05) is 5.56 Å². The third kappa shape index (κ3) is 4.02. The third-order valence-corrected chi connectivity index (χ3v) is 3.66. The maximum Gasteiger partial charge on any atom is 0.252 e. The van der Waals surface area contributed by atoms with Crippen molar-refractivity contribution in [2.45, 2.75) is 0 Å². The minimum atomic E-state index is -0.0916. The minimum absolute atomic E-state index is 0.0916. The highest BCUT2D eigenvalue weighted by atomic mass is 16.5. The van der Waals surface area contributed by atoms with Crippen LogP contribution in [0.4, 0.5) is 0 Å². The Labute approximate surface area is 141 Å². The van der Waals surface area contributed by atoms with E-state index in [2.05, 4.69) is 5.32 Å². The summed E-state index contributed by atoms with van der Waals surface area (Å²) in [5, 5.41) is 2.92. The average molecular weight is 317 g/mol. The Morgan fingerprint density at radius 1 is 0.792 bits per heavy atom. The molecule has 3 rings (SSSR count). The Bertz CT molecular complexity index is 785. The zero-order valence-corrected chi connectivity index (χ0v) is 13.3. The van der Waals surface area contributed by atoms with Crippen LogP contribution in [0.1, 0.15) is 10.4 Å². The van der Waals surface area contributed by atoms with Gasteiger partial charge in [0.05, 0.1) is 6.54 Å². The summed E-state index contributed by atoms with van der Waals surface area (Å²) in [6.45, 7) is 0.889. The predicted octanol–water partition coefficient (Wildman–Crippen LogP) is 4.16. The molecular weight excluding hydrogens is 298 g/mol. The topological polar surface area (TPSA) is 38.3 Å². The highest BCUT2D eigenvalue weighted by molar-refractivity contribution is 6.00. The second-order valence-corrected chi connectivity index (χ2v) is 5.33. The summed E-state index contributed by atoms with van der Waals surface area (Å²) in [6.07, 6.45) is 0. The van der Waals surface area contributed by atoms with Crippen LogP contribution in [0.25, 0.3) is 11.1 Å². The fourth-order valence-corrected chi connectivity index (χ4v) is 2.50. The van der Waals surface area contributed by atoms with E-state index in [1.165, 1.54) is 0 Å². The first-order valence-corrected chi connectivity index (χ1v) is 7.95. The van der Waals surface area contributed by atoms with Crippen molar-refractivity contribution in [3.8, 4) is 16.9 Å². The molecule has 0 aromatic heterocycles. The molecule has 0 aliphatic heterocycles. The SMILES string of the molecule is O=C(NCCOc1ccccc1)c1ccccc1-c1ccccc1. The largest absolute Gasteiger partial charge is 0.492 e. The van der Waals surface area contributed by atoms with Gasteiger partial charge in [0.25, 0.3) is 5.91 Å². The Hall–Kier alpha value is -3.07. The van der Waals surface area contributed by atoms with Gasteiger partial charge in [-0.15, -0.1) is 0 Å². The van der Waals surface area contributed by atoms with Crippen LogP contribution in [0, 0.1) is 0 Å². The molecule has 120 valence electrons. The van der Waals surface area contributed by atoms with Crippen LogP contribution in [0.5, 0.6) is 5.75 Å². The molecule has 0 atom stereocenters. The summed E-state index contributed by atoms with van der Waals surface area (Å²) in [4.78, 5) is 12.5. The highest BCUT2D eigenvalue weighted by Crippen LogP contribution is 2.23. The molecule has 3 aromatic rings. The van der Waals surface area contributed by atoms with E-state index in [0.29, 0.717) is 18.7 Å². The van der Waals surface area contributed by atoms with Crippen LogP contribution in [-0.2, 0) is 0 Å². The van der Waals surface area contributed by atoms with Crippen LogP contribution < -0.4 is 10.1 Å². The normalized spacial score (nSPS) is 10.2. The maximum atomic E-state index is 12.5. The van der Waals surface area contributed by atoms with Crippen molar-refractivity contribution in [1.29, 1.82) is 0 Å². The van der Waals surface area contributed by atoms with E-state index in [1.807, 2.05) is 84.9 Å². The molecule has 0 heterocycles. The summed E-state index contributed by atoms with van der Waals surface area (Å²) in [5.41, 5.74) is 2.63. The van der Waals surface area contributed by atoms with Gasteiger partial charge >= 0.3 is 0 Å². The fraction of sp³-hybridized carbons (Fsp3) is 0.0952. The van der Waals surface area contributed by atoms with Crippen molar-refractivity contribution in [2.75, 3.05) is 13.2 Å². The third-order valence-electron chi connectivity index (χ3n) is 3.66. The van der Waals surface area contributed by atoms with Crippen molar-refractivity contribution in [2.24, 2.45) is 0 Å². The molecule has 0 spiro atoms. The fourth-order valence-electron chi connectivity index (χ4n) is 2.50. The lowest BCUT2D eigenvalue weighted by Crippen LogP contribution is -2.28. The molecule has 0 unspecified atom stereocenters. The van der Waals surface area contributed by atoms with Gasteiger partial charge in [-0.2, -0.15) is 0 Å². The molecule has 1 amide bonds. The van der Waals surface area contributed by atoms with Gasteiger partial charge in [-0.1, -0.05) is 66.7 Å². The van der Waals surface area contributed by atoms with Crippen molar-refractivity contribution >= 4 is 5.91 Å². The summed E-state index contributed by atoms with van der Waals surface area (Å²) in [5.74, 6) is 0.711. The lowest BCUT2D eigenvalue weighted by atomic mass is 9.99. The van der Waals surface area contributed by atoms with Crippen molar-refractivity contribution in [3.63, 3.8) is 0 Å². The first-order valence-electron chi connectivity index (χ1n) is 7.95. The van der Waals surface area contributed by atoms with E-state index >= 15 is 0 Å². The maximum absolute atomic E-state index is 12.5. The Morgan fingerprint density at radius 3 is 2.17 bits per heavy atom. The Morgan fingerprint density at radius 2 is 1.42 bits per heavy atom. The second kappa shape index (κ2) is 7.97. The van der Waals surface area contributed by atoms with Gasteiger partial charge < -0.3 is 10.1 Å². The number of benzene rings is 3. The van der Waals surface area contributed by atoms with E-state index in [-0.39, 0.29) is 5.91 Å². The van der Waals surface area contributed by atoms with Crippen LogP contribution >= 0.6 is 0 Å². The Balaban J connectivity index is 1.61. The van der Waals surface area contributed by atoms with Gasteiger partial charge in [-0.3, -0.25) is 4.79 Å². The monoisotopic (exact) mass is 317 g/mol. The van der Waals surface area contributed by atoms with Crippen LogP contribution in [0.3, 0.4) is 0 Å². The van der Waals surface area contributed by atoms with E-state index < -0.39 is 0 Å². The second-order valence-electron chi connectivity index (χ2n) is 5.33. The molecular formula is C21H19NO2. The van der Waals surface area contributed by atoms with E-state index in [9.17, 15) is 4.79 Å². The number of rotatable bonds is 6. The molecule has 0 bridgehead atoms. The number of hydrogen-bond donors (Lipinski definition) is 1. The van der Waals surface area contributed by atoms with E-state index in [0.717, 1.165) is 16.9 Å². The number of carbonyl (C=O) groups excluding carboxylic acids is 1. The molecule has 0 aliphatic carbocycles. The van der Waals surface area contributed by atoms with Gasteiger partial charge in [-0.05, 0) is 29.3 Å². The molecule has 24 heavy (non-hydrogen) atoms. The number of para-hydroxylation sites is 1. The summed E-state index contributed by atoms with van der Waals surface area (Å²) >= 11 is 0. The van der Waals surface area contributed by atoms with Crippen molar-refractivity contribution < 1.29 is 9.53 Å². The van der Waals surface area contributed by atoms with E-state index in [1.54, 1.807) is 0 Å². The highest BCUT2D eigenvalue weighted by Gasteiger charge is 2.11. The zero-order chi connectivity index (χ0) is 16.6. The molecule has 0 saturated heterocycles. The quantitative estimate of drug-likeness (QED) is 0.693. The number of ether oxygens (including phenoxy) is 1. The first kappa shape index (κ1) is 15.8. The zero-order valence-electron chi connectivity index (χ0n) is 13.3. The molecule has 1 N–H and O–H groups in total. The number of carbonyl (C=O) groups is 1. The van der Waals surface area contributed by atoms with Crippen molar-refractivity contribution in [1.82, 2.24) is 5.32 Å². The summed E-state index contributed by atoms with van der Waals surface area (Å²) in [6, 6.07) is 27.1. The lowest BCUT2D eigenvalue weighted by molar-refractivity contribution is 0.0947. The van der Waals surface area contributed by atoms with Gasteiger partial charge in [0.1, 0.15) is 12.4 Å². The van der Waals surface area contributed by atoms with E-state index in [4.69, 9.17) is 4.74 Å². The van der Waals surface area contributed by atoms with Gasteiger partial charge in [-0.25, -0.2) is 0 Å². The van der Waals surface area contributed by atoms with Crippen LogP contribution in [0.15, 0.2) is 84.9 Å². The van der Waals surface area contributed by atoms with Crippen LogP contribution in [-0.4, -0.2) is 19.1 Å².